The Bertz CT molecular complexity index is 484. The molecule has 1 aliphatic rings. The summed E-state index contributed by atoms with van der Waals surface area (Å²) < 4.78 is 5.50. The second-order valence-electron chi connectivity index (χ2n) is 6.25. The highest BCUT2D eigenvalue weighted by atomic mass is 32.2. The van der Waals surface area contributed by atoms with Crippen LogP contribution in [0, 0.1) is 5.92 Å². The van der Waals surface area contributed by atoms with Gasteiger partial charge in [0.1, 0.15) is 0 Å². The summed E-state index contributed by atoms with van der Waals surface area (Å²) >= 11 is 1.74. The van der Waals surface area contributed by atoms with E-state index in [1.54, 1.807) is 11.8 Å². The van der Waals surface area contributed by atoms with Crippen LogP contribution in [-0.2, 0) is 16.1 Å². The molecule has 1 aliphatic heterocycles. The molecule has 0 radical (unpaired) electrons. The monoisotopic (exact) mass is 321 g/mol. The van der Waals surface area contributed by atoms with E-state index in [2.05, 4.69) is 44.4 Å². The molecule has 2 rings (SSSR count). The zero-order chi connectivity index (χ0) is 15.9. The van der Waals surface area contributed by atoms with Crippen LogP contribution in [0.3, 0.4) is 0 Å². The molecule has 1 saturated heterocycles. The van der Waals surface area contributed by atoms with Gasteiger partial charge >= 0.3 is 0 Å². The zero-order valence-electron chi connectivity index (χ0n) is 13.9. The van der Waals surface area contributed by atoms with E-state index in [4.69, 9.17) is 4.74 Å². The van der Waals surface area contributed by atoms with E-state index in [9.17, 15) is 4.79 Å². The van der Waals surface area contributed by atoms with Crippen molar-refractivity contribution in [2.24, 2.45) is 5.92 Å². The third-order valence-corrected chi connectivity index (χ3v) is 4.87. The maximum atomic E-state index is 12.7. The fourth-order valence-electron chi connectivity index (χ4n) is 2.86. The standard InChI is InChI=1S/C18H27NO2S/c1-14(2)19(12-15-6-4-8-17(10-15)22-3)18(20)11-16-7-5-9-21-13-16/h4,6,8,10,14,16H,5,7,9,11-13H2,1-3H3. The minimum Gasteiger partial charge on any atom is -0.381 e. The van der Waals surface area contributed by atoms with E-state index >= 15 is 0 Å². The fraction of sp³-hybridized carbons (Fsp3) is 0.611. The summed E-state index contributed by atoms with van der Waals surface area (Å²) in [4.78, 5) is 15.9. The Morgan fingerprint density at radius 2 is 2.27 bits per heavy atom. The second-order valence-corrected chi connectivity index (χ2v) is 7.13. The molecule has 0 aliphatic carbocycles. The molecule has 1 unspecified atom stereocenters. The number of carbonyl (C=O) groups is 1. The molecule has 0 aromatic heterocycles. The molecular formula is C18H27NO2S. The third kappa shape index (κ3) is 5.03. The summed E-state index contributed by atoms with van der Waals surface area (Å²) in [6.07, 6.45) is 4.88. The van der Waals surface area contributed by atoms with Gasteiger partial charge in [-0.3, -0.25) is 4.79 Å². The van der Waals surface area contributed by atoms with Crippen LogP contribution in [0.5, 0.6) is 0 Å². The van der Waals surface area contributed by atoms with Gasteiger partial charge in [0.05, 0.1) is 0 Å². The van der Waals surface area contributed by atoms with Gasteiger partial charge in [0.25, 0.3) is 0 Å². The summed E-state index contributed by atoms with van der Waals surface area (Å²) in [5.41, 5.74) is 1.20. The Kier molecular flexibility index (Phi) is 6.77. The van der Waals surface area contributed by atoms with Gasteiger partial charge in [-0.15, -0.1) is 11.8 Å². The van der Waals surface area contributed by atoms with Crippen LogP contribution in [-0.4, -0.2) is 36.3 Å². The van der Waals surface area contributed by atoms with E-state index in [-0.39, 0.29) is 11.9 Å². The van der Waals surface area contributed by atoms with E-state index in [1.165, 1.54) is 10.5 Å². The lowest BCUT2D eigenvalue weighted by Crippen LogP contribution is -2.38. The molecule has 0 saturated carbocycles. The van der Waals surface area contributed by atoms with E-state index < -0.39 is 0 Å². The van der Waals surface area contributed by atoms with Gasteiger partial charge < -0.3 is 9.64 Å². The third-order valence-electron chi connectivity index (χ3n) is 4.15. The fourth-order valence-corrected chi connectivity index (χ4v) is 3.34. The zero-order valence-corrected chi connectivity index (χ0v) is 14.7. The minimum atomic E-state index is 0.218. The number of carbonyl (C=O) groups excluding carboxylic acids is 1. The van der Waals surface area contributed by atoms with Crippen LogP contribution in [0.4, 0.5) is 0 Å². The van der Waals surface area contributed by atoms with Gasteiger partial charge in [0.15, 0.2) is 0 Å². The normalized spacial score (nSPS) is 18.5. The lowest BCUT2D eigenvalue weighted by atomic mass is 9.97. The molecular weight excluding hydrogens is 294 g/mol. The first kappa shape index (κ1) is 17.4. The van der Waals surface area contributed by atoms with E-state index in [0.717, 1.165) is 26.1 Å². The van der Waals surface area contributed by atoms with Crippen molar-refractivity contribution >= 4 is 17.7 Å². The van der Waals surface area contributed by atoms with Crippen molar-refractivity contribution in [1.82, 2.24) is 4.90 Å². The van der Waals surface area contributed by atoms with Gasteiger partial charge in [-0.2, -0.15) is 0 Å². The first-order valence-corrected chi connectivity index (χ1v) is 9.32. The Labute approximate surface area is 138 Å². The maximum Gasteiger partial charge on any atom is 0.223 e. The summed E-state index contributed by atoms with van der Waals surface area (Å²) in [6, 6.07) is 8.67. The van der Waals surface area contributed by atoms with Gasteiger partial charge in [-0.25, -0.2) is 0 Å². The number of thioether (sulfide) groups is 1. The highest BCUT2D eigenvalue weighted by Gasteiger charge is 2.23. The van der Waals surface area contributed by atoms with Crippen LogP contribution in [0.25, 0.3) is 0 Å². The van der Waals surface area contributed by atoms with Crippen molar-refractivity contribution in [1.29, 1.82) is 0 Å². The molecule has 0 bridgehead atoms. The van der Waals surface area contributed by atoms with Gasteiger partial charge in [-0.1, -0.05) is 12.1 Å². The first-order chi connectivity index (χ1) is 10.6. The second kappa shape index (κ2) is 8.59. The van der Waals surface area contributed by atoms with Crippen molar-refractivity contribution in [3.63, 3.8) is 0 Å². The van der Waals surface area contributed by atoms with Crippen molar-refractivity contribution in [3.05, 3.63) is 29.8 Å². The van der Waals surface area contributed by atoms with Crippen molar-refractivity contribution in [2.45, 2.75) is 50.6 Å². The Balaban J connectivity index is 2.00. The summed E-state index contributed by atoms with van der Waals surface area (Å²) in [6.45, 7) is 6.46. The SMILES string of the molecule is CSc1cccc(CN(C(=O)CC2CCCOC2)C(C)C)c1. The number of amides is 1. The highest BCUT2D eigenvalue weighted by molar-refractivity contribution is 7.98. The molecule has 122 valence electrons. The molecule has 22 heavy (non-hydrogen) atoms. The van der Waals surface area contributed by atoms with Gasteiger partial charge in [-0.05, 0) is 56.6 Å². The first-order valence-electron chi connectivity index (χ1n) is 8.10. The smallest absolute Gasteiger partial charge is 0.223 e. The van der Waals surface area contributed by atoms with Gasteiger partial charge in [0, 0.05) is 37.1 Å². The summed E-state index contributed by atoms with van der Waals surface area (Å²) in [5, 5.41) is 0. The molecule has 0 N–H and O–H groups in total. The summed E-state index contributed by atoms with van der Waals surface area (Å²) in [5.74, 6) is 0.639. The largest absolute Gasteiger partial charge is 0.381 e. The number of hydrogen-bond donors (Lipinski definition) is 0. The number of ether oxygens (including phenoxy) is 1. The van der Waals surface area contributed by atoms with Crippen LogP contribution in [0.1, 0.15) is 38.7 Å². The van der Waals surface area contributed by atoms with Crippen molar-refractivity contribution < 1.29 is 9.53 Å². The average molecular weight is 321 g/mol. The molecule has 0 spiro atoms. The van der Waals surface area contributed by atoms with Crippen LogP contribution in [0.2, 0.25) is 0 Å². The van der Waals surface area contributed by atoms with Crippen LogP contribution >= 0.6 is 11.8 Å². The Morgan fingerprint density at radius 3 is 2.91 bits per heavy atom. The lowest BCUT2D eigenvalue weighted by molar-refractivity contribution is -0.135. The van der Waals surface area contributed by atoms with Crippen molar-refractivity contribution in [2.75, 3.05) is 19.5 Å². The number of rotatable bonds is 6. The van der Waals surface area contributed by atoms with Crippen LogP contribution < -0.4 is 0 Å². The predicted octanol–water partition coefficient (Wildman–Crippen LogP) is 3.96. The minimum absolute atomic E-state index is 0.218. The highest BCUT2D eigenvalue weighted by Crippen LogP contribution is 2.21. The molecule has 1 atom stereocenters. The maximum absolute atomic E-state index is 12.7. The lowest BCUT2D eigenvalue weighted by Gasteiger charge is -2.30. The molecule has 1 heterocycles. The average Bonchev–Trinajstić information content (AvgIpc) is 2.53. The quantitative estimate of drug-likeness (QED) is 0.743. The molecule has 4 heteroatoms. The Hall–Kier alpha value is -1.00. The molecule has 1 amide bonds. The number of benzene rings is 1. The number of hydrogen-bond acceptors (Lipinski definition) is 3. The van der Waals surface area contributed by atoms with Gasteiger partial charge in [0.2, 0.25) is 5.91 Å². The number of nitrogens with zero attached hydrogens (tertiary/aromatic N) is 1. The van der Waals surface area contributed by atoms with E-state index in [0.29, 0.717) is 18.9 Å². The topological polar surface area (TPSA) is 29.5 Å². The predicted molar refractivity (Wildman–Crippen MR) is 92.1 cm³/mol. The molecule has 3 nitrogen and oxygen atoms in total. The van der Waals surface area contributed by atoms with Crippen molar-refractivity contribution in [3.8, 4) is 0 Å². The summed E-state index contributed by atoms with van der Waals surface area (Å²) in [7, 11) is 0. The molecule has 1 fully saturated rings. The Morgan fingerprint density at radius 1 is 1.45 bits per heavy atom. The molecule has 1 aromatic carbocycles. The molecule has 1 aromatic rings. The van der Waals surface area contributed by atoms with Crippen LogP contribution in [0.15, 0.2) is 29.2 Å². The van der Waals surface area contributed by atoms with E-state index in [1.807, 2.05) is 4.90 Å².